The molecule has 0 amide bonds. The van der Waals surface area contributed by atoms with E-state index in [1.165, 1.54) is 27.1 Å². The predicted octanol–water partition coefficient (Wildman–Crippen LogP) is 2.29. The molecule has 0 aliphatic heterocycles. The van der Waals surface area contributed by atoms with Crippen molar-refractivity contribution in [3.63, 3.8) is 0 Å². The molecular weight excluding hydrogens is 156 g/mol. The summed E-state index contributed by atoms with van der Waals surface area (Å²) in [5.74, 6) is 0. The molecule has 12 heavy (non-hydrogen) atoms. The zero-order valence-electron chi connectivity index (χ0n) is 7.45. The molecule has 0 atom stereocenters. The van der Waals surface area contributed by atoms with Crippen molar-refractivity contribution in [2.24, 2.45) is 0 Å². The van der Waals surface area contributed by atoms with Gasteiger partial charge in [0.2, 0.25) is 0 Å². The van der Waals surface area contributed by atoms with Crippen LogP contribution in [0.25, 0.3) is 0 Å². The molecule has 3 heteroatoms. The summed E-state index contributed by atoms with van der Waals surface area (Å²) in [7, 11) is 2.51. The second-order valence-electron chi connectivity index (χ2n) is 2.09. The minimum absolute atomic E-state index is 0.657. The molecule has 0 fully saturated rings. The van der Waals surface area contributed by atoms with Crippen molar-refractivity contribution in [3.8, 4) is 0 Å². The number of carbonyl (C=O) groups is 1. The minimum atomic E-state index is -0.657. The lowest BCUT2D eigenvalue weighted by molar-refractivity contribution is 0.0924. The van der Waals surface area contributed by atoms with Gasteiger partial charge in [-0.1, -0.05) is 24.3 Å². The van der Waals surface area contributed by atoms with Crippen LogP contribution in [0.2, 0.25) is 0 Å². The zero-order valence-corrected chi connectivity index (χ0v) is 7.45. The Bertz CT molecular complexity index is 153. The monoisotopic (exact) mass is 170 g/mol. The van der Waals surface area contributed by atoms with E-state index in [1.54, 1.807) is 0 Å². The molecule has 0 radical (unpaired) electrons. The highest BCUT2D eigenvalue weighted by atomic mass is 16.7. The van der Waals surface area contributed by atoms with Gasteiger partial charge in [-0.25, -0.2) is 4.79 Å². The lowest BCUT2D eigenvalue weighted by Crippen LogP contribution is -1.97. The Hall–Kier alpha value is -1.25. The zero-order chi connectivity index (χ0) is 9.23. The van der Waals surface area contributed by atoms with Crippen molar-refractivity contribution < 1.29 is 14.3 Å². The van der Waals surface area contributed by atoms with E-state index in [1.807, 2.05) is 0 Å². The van der Waals surface area contributed by atoms with Crippen LogP contribution in [0.1, 0.15) is 12.8 Å². The van der Waals surface area contributed by atoms with E-state index in [4.69, 9.17) is 0 Å². The number of rotatable bonds is 0. The standard InChI is InChI=1S/C6H8.C3H6O3/c1-2-4-6-5-3-1;1-5-3(4)6-2/h1-4H,5-6H2;1-2H3. The van der Waals surface area contributed by atoms with E-state index in [2.05, 4.69) is 33.8 Å². The third-order valence-corrected chi connectivity index (χ3v) is 1.22. The van der Waals surface area contributed by atoms with Crippen LogP contribution in [0, 0.1) is 0 Å². The summed E-state index contributed by atoms with van der Waals surface area (Å²) in [5.41, 5.74) is 0. The Kier molecular flexibility index (Phi) is 7.03. The first-order chi connectivity index (χ1) is 5.81. The lowest BCUT2D eigenvalue weighted by atomic mass is 10.2. The van der Waals surface area contributed by atoms with Crippen molar-refractivity contribution in [1.29, 1.82) is 0 Å². The first-order valence-corrected chi connectivity index (χ1v) is 3.75. The van der Waals surface area contributed by atoms with Crippen molar-refractivity contribution in [3.05, 3.63) is 24.3 Å². The Morgan fingerprint density at radius 1 is 1.08 bits per heavy atom. The van der Waals surface area contributed by atoms with Crippen LogP contribution in [-0.4, -0.2) is 20.4 Å². The van der Waals surface area contributed by atoms with Gasteiger partial charge in [-0.05, 0) is 12.8 Å². The second-order valence-corrected chi connectivity index (χ2v) is 2.09. The van der Waals surface area contributed by atoms with Gasteiger partial charge in [-0.15, -0.1) is 0 Å². The number of methoxy groups -OCH3 is 2. The molecule has 3 nitrogen and oxygen atoms in total. The van der Waals surface area contributed by atoms with Gasteiger partial charge in [0, 0.05) is 0 Å². The third kappa shape index (κ3) is 6.86. The fourth-order valence-electron chi connectivity index (χ4n) is 0.625. The topological polar surface area (TPSA) is 35.5 Å². The van der Waals surface area contributed by atoms with Gasteiger partial charge in [0.15, 0.2) is 0 Å². The Morgan fingerprint density at radius 2 is 1.50 bits per heavy atom. The predicted molar refractivity (Wildman–Crippen MR) is 46.9 cm³/mol. The van der Waals surface area contributed by atoms with Crippen LogP contribution in [0.15, 0.2) is 24.3 Å². The molecule has 0 heterocycles. The number of ether oxygens (including phenoxy) is 2. The third-order valence-electron chi connectivity index (χ3n) is 1.22. The fraction of sp³-hybridized carbons (Fsp3) is 0.444. The Morgan fingerprint density at radius 3 is 1.58 bits per heavy atom. The summed E-state index contributed by atoms with van der Waals surface area (Å²) in [6, 6.07) is 0. The highest BCUT2D eigenvalue weighted by Crippen LogP contribution is 1.98. The summed E-state index contributed by atoms with van der Waals surface area (Å²) < 4.78 is 8.08. The molecule has 0 N–H and O–H groups in total. The van der Waals surface area contributed by atoms with Crippen molar-refractivity contribution in [1.82, 2.24) is 0 Å². The van der Waals surface area contributed by atoms with Gasteiger partial charge in [-0.2, -0.15) is 0 Å². The van der Waals surface area contributed by atoms with Gasteiger partial charge >= 0.3 is 6.16 Å². The molecule has 0 aromatic rings. The molecule has 0 saturated carbocycles. The van der Waals surface area contributed by atoms with Gasteiger partial charge in [0.25, 0.3) is 0 Å². The molecule has 0 aromatic carbocycles. The smallest absolute Gasteiger partial charge is 0.438 e. The average Bonchev–Trinajstić information content (AvgIpc) is 2.20. The Labute approximate surface area is 72.7 Å². The van der Waals surface area contributed by atoms with E-state index in [0.29, 0.717) is 0 Å². The molecule has 0 unspecified atom stereocenters. The summed E-state index contributed by atoms with van der Waals surface area (Å²) in [6.07, 6.45) is 10.3. The average molecular weight is 170 g/mol. The number of carbonyl (C=O) groups excluding carboxylic acids is 1. The van der Waals surface area contributed by atoms with E-state index < -0.39 is 6.16 Å². The SMILES string of the molecule is C1=CCCC=C1.COC(=O)OC. The number of hydrogen-bond donors (Lipinski definition) is 0. The van der Waals surface area contributed by atoms with Crippen molar-refractivity contribution in [2.45, 2.75) is 12.8 Å². The van der Waals surface area contributed by atoms with Crippen LogP contribution in [-0.2, 0) is 9.47 Å². The normalized spacial score (nSPS) is 12.8. The fourth-order valence-corrected chi connectivity index (χ4v) is 0.625. The summed E-state index contributed by atoms with van der Waals surface area (Å²) in [6.45, 7) is 0. The molecule has 0 aromatic heterocycles. The maximum Gasteiger partial charge on any atom is 0.507 e. The number of allylic oxidation sites excluding steroid dienone is 4. The van der Waals surface area contributed by atoms with Crippen LogP contribution in [0.3, 0.4) is 0 Å². The quantitative estimate of drug-likeness (QED) is 0.523. The molecule has 68 valence electrons. The maximum absolute atomic E-state index is 9.74. The van der Waals surface area contributed by atoms with Crippen LogP contribution < -0.4 is 0 Å². The molecule has 0 spiro atoms. The maximum atomic E-state index is 9.74. The van der Waals surface area contributed by atoms with E-state index >= 15 is 0 Å². The largest absolute Gasteiger partial charge is 0.507 e. The molecule has 1 rings (SSSR count). The molecule has 0 bridgehead atoms. The van der Waals surface area contributed by atoms with E-state index in [9.17, 15) is 4.79 Å². The molecule has 0 saturated heterocycles. The molecule has 1 aliphatic rings. The van der Waals surface area contributed by atoms with Gasteiger partial charge in [-0.3, -0.25) is 0 Å². The summed E-state index contributed by atoms with van der Waals surface area (Å²) in [5, 5.41) is 0. The highest BCUT2D eigenvalue weighted by Gasteiger charge is 1.88. The summed E-state index contributed by atoms with van der Waals surface area (Å²) >= 11 is 0. The van der Waals surface area contributed by atoms with Crippen LogP contribution >= 0.6 is 0 Å². The first-order valence-electron chi connectivity index (χ1n) is 3.75. The second kappa shape index (κ2) is 7.85. The van der Waals surface area contributed by atoms with E-state index in [-0.39, 0.29) is 0 Å². The minimum Gasteiger partial charge on any atom is -0.438 e. The van der Waals surface area contributed by atoms with Gasteiger partial charge in [0.05, 0.1) is 14.2 Å². The Balaban J connectivity index is 0.000000202. The first kappa shape index (κ1) is 10.8. The van der Waals surface area contributed by atoms with E-state index in [0.717, 1.165) is 0 Å². The molecule has 1 aliphatic carbocycles. The van der Waals surface area contributed by atoms with Crippen LogP contribution in [0.4, 0.5) is 4.79 Å². The van der Waals surface area contributed by atoms with Gasteiger partial charge in [0.1, 0.15) is 0 Å². The van der Waals surface area contributed by atoms with Crippen molar-refractivity contribution >= 4 is 6.16 Å². The van der Waals surface area contributed by atoms with Crippen LogP contribution in [0.5, 0.6) is 0 Å². The molecular formula is C9H14O3. The van der Waals surface area contributed by atoms with Gasteiger partial charge < -0.3 is 9.47 Å². The highest BCUT2D eigenvalue weighted by molar-refractivity contribution is 5.59. The number of hydrogen-bond acceptors (Lipinski definition) is 3. The van der Waals surface area contributed by atoms with Crippen molar-refractivity contribution in [2.75, 3.05) is 14.2 Å². The summed E-state index contributed by atoms with van der Waals surface area (Å²) in [4.78, 5) is 9.74. The lowest BCUT2D eigenvalue weighted by Gasteiger charge is -1.89.